The standard InChI is InChI=1S/C25H19F7O/c1-2-3-4-17-9-10-19(23(29)22(17)28)16-7-5-15(6-8-16)11-12-25(31,32)33-18-13-20(26)24(30)21(27)14-18/h2,5-10,13-14H,1,3-4,11-12H2. The van der Waals surface area contributed by atoms with Gasteiger partial charge in [-0.2, -0.15) is 8.78 Å². The number of benzene rings is 3. The predicted molar refractivity (Wildman–Crippen MR) is 111 cm³/mol. The molecule has 33 heavy (non-hydrogen) atoms. The SMILES string of the molecule is C=CCCc1ccc(-c2ccc(CCC(F)(F)Oc3cc(F)c(F)c(F)c3)cc2)c(F)c1F. The van der Waals surface area contributed by atoms with Gasteiger partial charge in [-0.3, -0.25) is 0 Å². The quantitative estimate of drug-likeness (QED) is 0.177. The highest BCUT2D eigenvalue weighted by atomic mass is 19.3. The van der Waals surface area contributed by atoms with E-state index in [0.29, 0.717) is 36.1 Å². The van der Waals surface area contributed by atoms with Gasteiger partial charge in [0, 0.05) is 17.7 Å². The fourth-order valence-electron chi connectivity index (χ4n) is 3.22. The summed E-state index contributed by atoms with van der Waals surface area (Å²) in [7, 11) is 0. The van der Waals surface area contributed by atoms with Gasteiger partial charge in [-0.1, -0.05) is 42.5 Å². The van der Waals surface area contributed by atoms with E-state index in [4.69, 9.17) is 0 Å². The van der Waals surface area contributed by atoms with Gasteiger partial charge in [-0.25, -0.2) is 22.0 Å². The summed E-state index contributed by atoms with van der Waals surface area (Å²) in [6, 6.07) is 9.51. The van der Waals surface area contributed by atoms with E-state index < -0.39 is 47.4 Å². The third-order valence-electron chi connectivity index (χ3n) is 4.97. The molecule has 0 atom stereocenters. The predicted octanol–water partition coefficient (Wildman–Crippen LogP) is 7.77. The fourth-order valence-corrected chi connectivity index (χ4v) is 3.22. The number of hydrogen-bond acceptors (Lipinski definition) is 1. The molecular weight excluding hydrogens is 449 g/mol. The van der Waals surface area contributed by atoms with E-state index in [1.54, 1.807) is 6.08 Å². The maximum atomic E-state index is 14.5. The summed E-state index contributed by atoms with van der Waals surface area (Å²) in [6.45, 7) is 3.55. The van der Waals surface area contributed by atoms with E-state index in [1.807, 2.05) is 0 Å². The van der Waals surface area contributed by atoms with Crippen LogP contribution in [0.25, 0.3) is 11.1 Å². The van der Waals surface area contributed by atoms with Crippen LogP contribution in [0.1, 0.15) is 24.0 Å². The van der Waals surface area contributed by atoms with Crippen molar-refractivity contribution in [1.29, 1.82) is 0 Å². The Labute approximate surface area is 186 Å². The van der Waals surface area contributed by atoms with Gasteiger partial charge in [-0.15, -0.1) is 6.58 Å². The molecule has 0 aromatic heterocycles. The van der Waals surface area contributed by atoms with E-state index in [2.05, 4.69) is 11.3 Å². The smallest absolute Gasteiger partial charge is 0.398 e. The molecular formula is C25H19F7O. The Hall–Kier alpha value is -3.29. The molecule has 0 aliphatic heterocycles. The Kier molecular flexibility index (Phi) is 7.46. The van der Waals surface area contributed by atoms with Crippen LogP contribution in [-0.4, -0.2) is 6.11 Å². The first-order valence-corrected chi connectivity index (χ1v) is 10.00. The second-order valence-electron chi connectivity index (χ2n) is 7.36. The molecule has 3 aromatic rings. The number of allylic oxidation sites excluding steroid dienone is 1. The number of aryl methyl sites for hydroxylation is 2. The molecule has 0 saturated heterocycles. The molecule has 0 heterocycles. The van der Waals surface area contributed by atoms with Crippen LogP contribution in [0.4, 0.5) is 30.7 Å². The van der Waals surface area contributed by atoms with Crippen LogP contribution in [0.5, 0.6) is 5.75 Å². The minimum Gasteiger partial charge on any atom is -0.432 e. The maximum absolute atomic E-state index is 14.5. The molecule has 3 aromatic carbocycles. The fraction of sp³-hybridized carbons (Fsp3) is 0.200. The first kappa shape index (κ1) is 24.4. The molecule has 0 aliphatic carbocycles. The Morgan fingerprint density at radius 3 is 2.03 bits per heavy atom. The average molecular weight is 468 g/mol. The number of halogens is 7. The lowest BCUT2D eigenvalue weighted by Crippen LogP contribution is -2.25. The monoisotopic (exact) mass is 468 g/mol. The van der Waals surface area contributed by atoms with Crippen LogP contribution in [0.3, 0.4) is 0 Å². The van der Waals surface area contributed by atoms with E-state index in [1.165, 1.54) is 36.4 Å². The van der Waals surface area contributed by atoms with Gasteiger partial charge in [0.1, 0.15) is 5.75 Å². The summed E-state index contributed by atoms with van der Waals surface area (Å²) < 4.78 is 101. The molecule has 1 nitrogen and oxygen atoms in total. The van der Waals surface area contributed by atoms with Crippen LogP contribution in [0.15, 0.2) is 61.2 Å². The molecule has 0 saturated carbocycles. The molecule has 0 amide bonds. The number of rotatable bonds is 9. The van der Waals surface area contributed by atoms with Crippen molar-refractivity contribution in [1.82, 2.24) is 0 Å². The average Bonchev–Trinajstić information content (AvgIpc) is 2.77. The molecule has 174 valence electrons. The number of hydrogen-bond donors (Lipinski definition) is 0. The zero-order valence-electron chi connectivity index (χ0n) is 17.3. The first-order chi connectivity index (χ1) is 15.6. The zero-order valence-corrected chi connectivity index (χ0v) is 17.3. The van der Waals surface area contributed by atoms with Crippen molar-refractivity contribution in [2.75, 3.05) is 0 Å². The summed E-state index contributed by atoms with van der Waals surface area (Å²) >= 11 is 0. The molecule has 0 unspecified atom stereocenters. The zero-order chi connectivity index (χ0) is 24.2. The van der Waals surface area contributed by atoms with Crippen LogP contribution < -0.4 is 4.74 Å². The molecule has 0 bridgehead atoms. The molecule has 0 fully saturated rings. The normalized spacial score (nSPS) is 11.5. The van der Waals surface area contributed by atoms with Crippen molar-refractivity contribution in [2.24, 2.45) is 0 Å². The number of ether oxygens (including phenoxy) is 1. The highest BCUT2D eigenvalue weighted by molar-refractivity contribution is 5.65. The summed E-state index contributed by atoms with van der Waals surface area (Å²) in [6.07, 6.45) is -2.38. The van der Waals surface area contributed by atoms with Crippen molar-refractivity contribution in [3.63, 3.8) is 0 Å². The van der Waals surface area contributed by atoms with E-state index in [9.17, 15) is 30.7 Å². The van der Waals surface area contributed by atoms with E-state index in [-0.39, 0.29) is 17.5 Å². The second-order valence-corrected chi connectivity index (χ2v) is 7.36. The highest BCUT2D eigenvalue weighted by Gasteiger charge is 2.32. The molecule has 0 radical (unpaired) electrons. The topological polar surface area (TPSA) is 9.23 Å². The van der Waals surface area contributed by atoms with Gasteiger partial charge in [0.2, 0.25) is 0 Å². The van der Waals surface area contributed by atoms with Gasteiger partial charge < -0.3 is 4.74 Å². The van der Waals surface area contributed by atoms with Gasteiger partial charge in [-0.05, 0) is 36.0 Å². The van der Waals surface area contributed by atoms with Gasteiger partial charge in [0.05, 0.1) is 6.42 Å². The largest absolute Gasteiger partial charge is 0.432 e. The minimum absolute atomic E-state index is 0.0374. The Morgan fingerprint density at radius 2 is 1.42 bits per heavy atom. The van der Waals surface area contributed by atoms with Gasteiger partial charge in [0.25, 0.3) is 0 Å². The summed E-state index contributed by atoms with van der Waals surface area (Å²) in [5.74, 6) is -7.86. The lowest BCUT2D eigenvalue weighted by atomic mass is 9.98. The van der Waals surface area contributed by atoms with Crippen LogP contribution in [0, 0.1) is 29.1 Å². The van der Waals surface area contributed by atoms with Crippen LogP contribution in [0.2, 0.25) is 0 Å². The molecule has 0 aliphatic rings. The third-order valence-corrected chi connectivity index (χ3v) is 4.97. The Bertz CT molecular complexity index is 1120. The van der Waals surface area contributed by atoms with Crippen LogP contribution >= 0.6 is 0 Å². The highest BCUT2D eigenvalue weighted by Crippen LogP contribution is 2.30. The van der Waals surface area contributed by atoms with Crippen molar-refractivity contribution >= 4 is 0 Å². The first-order valence-electron chi connectivity index (χ1n) is 10.00. The molecule has 0 spiro atoms. The number of alkyl halides is 2. The van der Waals surface area contributed by atoms with E-state index >= 15 is 0 Å². The van der Waals surface area contributed by atoms with Crippen molar-refractivity contribution in [2.45, 2.75) is 31.8 Å². The molecule has 3 rings (SSSR count). The van der Waals surface area contributed by atoms with E-state index in [0.717, 1.165) is 0 Å². The second kappa shape index (κ2) is 10.1. The Morgan fingerprint density at radius 1 is 0.788 bits per heavy atom. The van der Waals surface area contributed by atoms with Gasteiger partial charge in [0.15, 0.2) is 29.1 Å². The van der Waals surface area contributed by atoms with Gasteiger partial charge >= 0.3 is 6.11 Å². The van der Waals surface area contributed by atoms with Crippen LogP contribution in [-0.2, 0) is 12.8 Å². The molecule has 0 N–H and O–H groups in total. The maximum Gasteiger partial charge on any atom is 0.398 e. The van der Waals surface area contributed by atoms with Crippen molar-refractivity contribution < 1.29 is 35.5 Å². The Balaban J connectivity index is 1.67. The van der Waals surface area contributed by atoms with Crippen molar-refractivity contribution in [3.8, 4) is 16.9 Å². The molecule has 8 heteroatoms. The van der Waals surface area contributed by atoms with Crippen molar-refractivity contribution in [3.05, 3.63) is 101 Å². The summed E-state index contributed by atoms with van der Waals surface area (Å²) in [4.78, 5) is 0. The lowest BCUT2D eigenvalue weighted by Gasteiger charge is -2.18. The lowest BCUT2D eigenvalue weighted by molar-refractivity contribution is -0.180. The minimum atomic E-state index is -3.79. The summed E-state index contributed by atoms with van der Waals surface area (Å²) in [5, 5.41) is 0. The summed E-state index contributed by atoms with van der Waals surface area (Å²) in [5.41, 5.74) is 1.08. The third kappa shape index (κ3) is 5.94.